The third-order valence-electron chi connectivity index (χ3n) is 3.67. The largest absolute Gasteiger partial charge is 0.453 e. The van der Waals surface area contributed by atoms with Gasteiger partial charge in [0.05, 0.1) is 6.10 Å². The molecule has 0 N–H and O–H groups in total. The zero-order valence-electron chi connectivity index (χ0n) is 10.9. The Hall–Kier alpha value is -1.61. The van der Waals surface area contributed by atoms with Gasteiger partial charge in [0.15, 0.2) is 11.5 Å². The molecule has 0 radical (unpaired) electrons. The van der Waals surface area contributed by atoms with Crippen molar-refractivity contribution in [3.63, 3.8) is 0 Å². The Labute approximate surface area is 112 Å². The molecule has 1 aromatic carbocycles. The predicted octanol–water partition coefficient (Wildman–Crippen LogP) is 3.96. The van der Waals surface area contributed by atoms with E-state index in [0.29, 0.717) is 12.2 Å². The maximum absolute atomic E-state index is 12.1. The van der Waals surface area contributed by atoms with Gasteiger partial charge in [-0.1, -0.05) is 18.2 Å². The van der Waals surface area contributed by atoms with Gasteiger partial charge in [0.1, 0.15) is 5.58 Å². The lowest BCUT2D eigenvalue weighted by molar-refractivity contribution is 0.0103. The number of rotatable bonds is 4. The normalized spacial score (nSPS) is 19.7. The quantitative estimate of drug-likeness (QED) is 0.779. The lowest BCUT2D eigenvalue weighted by Crippen LogP contribution is -2.19. The van der Waals surface area contributed by atoms with Crippen molar-refractivity contribution in [2.45, 2.75) is 38.2 Å². The number of para-hydroxylation sites is 1. The summed E-state index contributed by atoms with van der Waals surface area (Å²) in [4.78, 5) is 12.1. The van der Waals surface area contributed by atoms with Crippen molar-refractivity contribution >= 4 is 16.8 Å². The van der Waals surface area contributed by atoms with Crippen molar-refractivity contribution in [2.75, 3.05) is 6.61 Å². The Bertz CT molecular complexity index is 531. The van der Waals surface area contributed by atoms with Crippen molar-refractivity contribution in [3.05, 3.63) is 36.1 Å². The van der Waals surface area contributed by atoms with Crippen molar-refractivity contribution in [3.8, 4) is 0 Å². The van der Waals surface area contributed by atoms with Gasteiger partial charge in [-0.3, -0.25) is 4.79 Å². The predicted molar refractivity (Wildman–Crippen MR) is 73.4 cm³/mol. The summed E-state index contributed by atoms with van der Waals surface area (Å²) >= 11 is 0. The molecule has 100 valence electrons. The van der Waals surface area contributed by atoms with Crippen molar-refractivity contribution < 1.29 is 13.9 Å². The van der Waals surface area contributed by atoms with Crippen LogP contribution < -0.4 is 0 Å². The molecule has 1 aromatic heterocycles. The maximum atomic E-state index is 12.1. The molecular formula is C16H18O3. The number of carbonyl (C=O) groups is 1. The topological polar surface area (TPSA) is 39.4 Å². The van der Waals surface area contributed by atoms with Crippen molar-refractivity contribution in [1.29, 1.82) is 0 Å². The van der Waals surface area contributed by atoms with Gasteiger partial charge in [0.25, 0.3) is 0 Å². The molecule has 1 aliphatic heterocycles. The van der Waals surface area contributed by atoms with Crippen LogP contribution in [0, 0.1) is 0 Å². The lowest BCUT2D eigenvalue weighted by Gasteiger charge is -2.21. The fourth-order valence-electron chi connectivity index (χ4n) is 2.57. The number of hydrogen-bond acceptors (Lipinski definition) is 3. The Morgan fingerprint density at radius 1 is 1.26 bits per heavy atom. The smallest absolute Gasteiger partial charge is 0.198 e. The SMILES string of the molecule is O=C(CCC1CCCCO1)c1cc2ccccc2o1. The number of hydrogen-bond donors (Lipinski definition) is 0. The summed E-state index contributed by atoms with van der Waals surface area (Å²) in [7, 11) is 0. The highest BCUT2D eigenvalue weighted by atomic mass is 16.5. The van der Waals surface area contributed by atoms with E-state index in [-0.39, 0.29) is 11.9 Å². The number of furan rings is 1. The standard InChI is InChI=1S/C16H18O3/c17-14(9-8-13-6-3-4-10-18-13)16-11-12-5-1-2-7-15(12)19-16/h1-2,5,7,11,13H,3-4,6,8-10H2. The first kappa shape index (κ1) is 12.4. The zero-order chi connectivity index (χ0) is 13.1. The highest BCUT2D eigenvalue weighted by Crippen LogP contribution is 2.22. The van der Waals surface area contributed by atoms with Crippen LogP contribution in [0.2, 0.25) is 0 Å². The second-order valence-electron chi connectivity index (χ2n) is 5.10. The monoisotopic (exact) mass is 258 g/mol. The number of ketones is 1. The average molecular weight is 258 g/mol. The third kappa shape index (κ3) is 2.87. The summed E-state index contributed by atoms with van der Waals surface area (Å²) < 4.78 is 11.2. The summed E-state index contributed by atoms with van der Waals surface area (Å²) in [6, 6.07) is 9.54. The molecular weight excluding hydrogens is 240 g/mol. The minimum atomic E-state index is 0.0744. The molecule has 0 aliphatic carbocycles. The molecule has 0 amide bonds. The zero-order valence-corrected chi connectivity index (χ0v) is 10.9. The van der Waals surface area contributed by atoms with E-state index in [9.17, 15) is 4.79 Å². The van der Waals surface area contributed by atoms with E-state index < -0.39 is 0 Å². The van der Waals surface area contributed by atoms with Crippen LogP contribution in [-0.4, -0.2) is 18.5 Å². The summed E-state index contributed by atoms with van der Waals surface area (Å²) in [6.07, 6.45) is 4.99. The summed E-state index contributed by atoms with van der Waals surface area (Å²) in [5, 5.41) is 0.986. The number of ether oxygens (including phenoxy) is 1. The molecule has 2 heterocycles. The molecule has 0 bridgehead atoms. The minimum absolute atomic E-state index is 0.0744. The van der Waals surface area contributed by atoms with Crippen LogP contribution in [-0.2, 0) is 4.74 Å². The molecule has 19 heavy (non-hydrogen) atoms. The number of carbonyl (C=O) groups excluding carboxylic acids is 1. The van der Waals surface area contributed by atoms with Crippen LogP contribution in [0.15, 0.2) is 34.7 Å². The Kier molecular flexibility index (Phi) is 3.65. The highest BCUT2D eigenvalue weighted by Gasteiger charge is 2.17. The van der Waals surface area contributed by atoms with Crippen LogP contribution in [0.5, 0.6) is 0 Å². The molecule has 1 unspecified atom stereocenters. The van der Waals surface area contributed by atoms with E-state index in [1.54, 1.807) is 0 Å². The second-order valence-corrected chi connectivity index (χ2v) is 5.10. The Morgan fingerprint density at radius 3 is 2.95 bits per heavy atom. The first-order valence-electron chi connectivity index (χ1n) is 6.96. The van der Waals surface area contributed by atoms with Gasteiger partial charge in [-0.15, -0.1) is 0 Å². The first-order valence-corrected chi connectivity index (χ1v) is 6.96. The van der Waals surface area contributed by atoms with Crippen LogP contribution in [0.4, 0.5) is 0 Å². The van der Waals surface area contributed by atoms with E-state index in [2.05, 4.69) is 0 Å². The summed E-state index contributed by atoms with van der Waals surface area (Å²) in [6.45, 7) is 0.837. The van der Waals surface area contributed by atoms with Gasteiger partial charge in [-0.05, 0) is 37.8 Å². The first-order chi connectivity index (χ1) is 9.33. The highest BCUT2D eigenvalue weighted by molar-refractivity contribution is 5.97. The molecule has 3 heteroatoms. The third-order valence-corrected chi connectivity index (χ3v) is 3.67. The molecule has 3 rings (SSSR count). The van der Waals surface area contributed by atoms with E-state index in [4.69, 9.17) is 9.15 Å². The molecule has 2 aromatic rings. The molecule has 1 aliphatic rings. The summed E-state index contributed by atoms with van der Waals surface area (Å²) in [5.41, 5.74) is 0.778. The van der Waals surface area contributed by atoms with Gasteiger partial charge >= 0.3 is 0 Å². The number of fused-ring (bicyclic) bond motifs is 1. The lowest BCUT2D eigenvalue weighted by atomic mass is 10.0. The van der Waals surface area contributed by atoms with Crippen molar-refractivity contribution in [2.24, 2.45) is 0 Å². The molecule has 1 fully saturated rings. The Balaban J connectivity index is 1.63. The van der Waals surface area contributed by atoms with Gasteiger partial charge in [0.2, 0.25) is 0 Å². The van der Waals surface area contributed by atoms with Gasteiger partial charge in [-0.25, -0.2) is 0 Å². The van der Waals surface area contributed by atoms with E-state index in [0.717, 1.165) is 36.8 Å². The van der Waals surface area contributed by atoms with Gasteiger partial charge in [0, 0.05) is 18.4 Å². The van der Waals surface area contributed by atoms with Crippen LogP contribution in [0.3, 0.4) is 0 Å². The molecule has 1 atom stereocenters. The maximum Gasteiger partial charge on any atom is 0.198 e. The molecule has 3 nitrogen and oxygen atoms in total. The molecule has 0 spiro atoms. The van der Waals surface area contributed by atoms with Crippen LogP contribution in [0.1, 0.15) is 42.7 Å². The number of benzene rings is 1. The number of Topliss-reactive ketones (excluding diaryl/α,β-unsaturated/α-hetero) is 1. The van der Waals surface area contributed by atoms with Crippen molar-refractivity contribution in [1.82, 2.24) is 0 Å². The average Bonchev–Trinajstić information content (AvgIpc) is 2.90. The second kappa shape index (κ2) is 5.57. The van der Waals surface area contributed by atoms with E-state index >= 15 is 0 Å². The van der Waals surface area contributed by atoms with Crippen LogP contribution in [0.25, 0.3) is 11.0 Å². The summed E-state index contributed by atoms with van der Waals surface area (Å²) in [5.74, 6) is 0.544. The van der Waals surface area contributed by atoms with Crippen LogP contribution >= 0.6 is 0 Å². The van der Waals surface area contributed by atoms with Gasteiger partial charge < -0.3 is 9.15 Å². The fourth-order valence-corrected chi connectivity index (χ4v) is 2.57. The molecule has 1 saturated heterocycles. The Morgan fingerprint density at radius 2 is 2.16 bits per heavy atom. The van der Waals surface area contributed by atoms with E-state index in [1.807, 2.05) is 30.3 Å². The van der Waals surface area contributed by atoms with E-state index in [1.165, 1.54) is 6.42 Å². The van der Waals surface area contributed by atoms with Gasteiger partial charge in [-0.2, -0.15) is 0 Å². The fraction of sp³-hybridized carbons (Fsp3) is 0.438. The molecule has 0 saturated carbocycles. The minimum Gasteiger partial charge on any atom is -0.453 e.